The molecule has 1 aromatic rings. The number of carbonyl (C=O) groups is 1. The molecule has 18 heavy (non-hydrogen) atoms. The second kappa shape index (κ2) is 4.62. The number of sulfone groups is 1. The zero-order valence-electron chi connectivity index (χ0n) is 9.13. The molecule has 1 aromatic carbocycles. The Hall–Kier alpha value is -1.53. The molecule has 0 spiro atoms. The van der Waals surface area contributed by atoms with E-state index in [-0.39, 0.29) is 16.3 Å². The zero-order chi connectivity index (χ0) is 13.3. The summed E-state index contributed by atoms with van der Waals surface area (Å²) in [7, 11) is -3.18. The van der Waals surface area contributed by atoms with Crippen molar-refractivity contribution in [3.05, 3.63) is 40.3 Å². The predicted molar refractivity (Wildman–Crippen MR) is 68.7 cm³/mol. The Kier molecular flexibility index (Phi) is 3.32. The minimum atomic E-state index is -3.18. The number of aromatic carboxylic acids is 1. The summed E-state index contributed by atoms with van der Waals surface area (Å²) in [4.78, 5) is 11.1. The van der Waals surface area contributed by atoms with Gasteiger partial charge in [-0.05, 0) is 12.1 Å². The molecule has 0 aromatic heterocycles. The molecule has 2 N–H and O–H groups in total. The van der Waals surface area contributed by atoms with Crippen molar-refractivity contribution in [3.63, 3.8) is 0 Å². The fraction of sp³-hybridized carbons (Fsp3) is 0.182. The summed E-state index contributed by atoms with van der Waals surface area (Å²) in [5, 5.41) is 13.1. The molecule has 0 amide bonds. The number of carboxylic acid groups (broad SMARTS) is 1. The van der Waals surface area contributed by atoms with Crippen molar-refractivity contribution in [1.29, 1.82) is 0 Å². The lowest BCUT2D eigenvalue weighted by molar-refractivity contribution is 0.0698. The number of nitrogens with one attached hydrogen (secondary N) is 1. The Morgan fingerprint density at radius 1 is 1.44 bits per heavy atom. The standard InChI is InChI=1S/C11H10ClNO4S/c12-8-2-1-3-9(10(8)11(14)15)13-7-4-5-18(16,17)6-7/h1-5,7,13H,6H2,(H,14,15). The molecule has 2 rings (SSSR count). The molecular weight excluding hydrogens is 278 g/mol. The van der Waals surface area contributed by atoms with Crippen LogP contribution in [0.25, 0.3) is 0 Å². The van der Waals surface area contributed by atoms with Crippen LogP contribution in [0.15, 0.2) is 29.7 Å². The minimum Gasteiger partial charge on any atom is -0.478 e. The van der Waals surface area contributed by atoms with Crippen LogP contribution in [0.2, 0.25) is 5.02 Å². The fourth-order valence-electron chi connectivity index (χ4n) is 1.73. The first-order valence-electron chi connectivity index (χ1n) is 5.08. The highest BCUT2D eigenvalue weighted by Gasteiger charge is 2.23. The molecule has 1 aliphatic rings. The summed E-state index contributed by atoms with van der Waals surface area (Å²) in [5.41, 5.74) is 0.249. The number of rotatable bonds is 3. The molecule has 1 aliphatic heterocycles. The van der Waals surface area contributed by atoms with Crippen molar-refractivity contribution in [2.24, 2.45) is 0 Å². The smallest absolute Gasteiger partial charge is 0.339 e. The van der Waals surface area contributed by atoms with Crippen molar-refractivity contribution in [2.75, 3.05) is 11.1 Å². The third-order valence-corrected chi connectivity index (χ3v) is 4.21. The molecule has 0 radical (unpaired) electrons. The molecule has 1 unspecified atom stereocenters. The first kappa shape index (κ1) is 12.9. The van der Waals surface area contributed by atoms with Gasteiger partial charge in [-0.2, -0.15) is 0 Å². The molecule has 0 saturated heterocycles. The quantitative estimate of drug-likeness (QED) is 0.885. The van der Waals surface area contributed by atoms with Crippen molar-refractivity contribution >= 4 is 33.1 Å². The van der Waals surface area contributed by atoms with E-state index in [0.717, 1.165) is 5.41 Å². The van der Waals surface area contributed by atoms with Gasteiger partial charge in [0.25, 0.3) is 0 Å². The monoisotopic (exact) mass is 287 g/mol. The molecular formula is C11H10ClNO4S. The lowest BCUT2D eigenvalue weighted by Gasteiger charge is -2.14. The highest BCUT2D eigenvalue weighted by Crippen LogP contribution is 2.26. The summed E-state index contributed by atoms with van der Waals surface area (Å²) in [6.07, 6.45) is 1.49. The molecule has 0 aliphatic carbocycles. The Balaban J connectivity index is 2.28. The van der Waals surface area contributed by atoms with Crippen molar-refractivity contribution < 1.29 is 18.3 Å². The fourth-order valence-corrected chi connectivity index (χ4v) is 3.22. The highest BCUT2D eigenvalue weighted by molar-refractivity contribution is 7.94. The third kappa shape index (κ3) is 2.65. The van der Waals surface area contributed by atoms with E-state index in [1.165, 1.54) is 12.1 Å². The number of hydrogen-bond acceptors (Lipinski definition) is 4. The number of benzene rings is 1. The minimum absolute atomic E-state index is 0.0585. The van der Waals surface area contributed by atoms with Crippen LogP contribution in [0.1, 0.15) is 10.4 Å². The molecule has 1 heterocycles. The maximum absolute atomic E-state index is 11.2. The molecule has 7 heteroatoms. The predicted octanol–water partition coefficient (Wildman–Crippen LogP) is 1.76. The molecule has 96 valence electrons. The number of anilines is 1. The lowest BCUT2D eigenvalue weighted by Crippen LogP contribution is -2.22. The Morgan fingerprint density at radius 3 is 2.72 bits per heavy atom. The summed E-state index contributed by atoms with van der Waals surface area (Å²) in [5.74, 6) is -1.24. The van der Waals surface area contributed by atoms with E-state index in [4.69, 9.17) is 16.7 Å². The highest BCUT2D eigenvalue weighted by atomic mass is 35.5. The summed E-state index contributed by atoms with van der Waals surface area (Å²) >= 11 is 5.81. The summed E-state index contributed by atoms with van der Waals surface area (Å²) in [6.45, 7) is 0. The first-order chi connectivity index (χ1) is 8.39. The van der Waals surface area contributed by atoms with Gasteiger partial charge in [0.1, 0.15) is 5.56 Å². The van der Waals surface area contributed by atoms with Crippen LogP contribution in [0, 0.1) is 0 Å². The van der Waals surface area contributed by atoms with E-state index in [2.05, 4.69) is 5.32 Å². The molecule has 0 saturated carbocycles. The van der Waals surface area contributed by atoms with E-state index in [0.29, 0.717) is 5.69 Å². The number of carboxylic acids is 1. The Labute approximate surface area is 109 Å². The van der Waals surface area contributed by atoms with Crippen LogP contribution in [0.4, 0.5) is 5.69 Å². The van der Waals surface area contributed by atoms with E-state index in [9.17, 15) is 13.2 Å². The normalized spacial score (nSPS) is 20.8. The molecule has 1 atom stereocenters. The van der Waals surface area contributed by atoms with Crippen LogP contribution in [-0.4, -0.2) is 31.3 Å². The van der Waals surface area contributed by atoms with E-state index in [1.54, 1.807) is 12.1 Å². The van der Waals surface area contributed by atoms with E-state index in [1.807, 2.05) is 0 Å². The maximum atomic E-state index is 11.2. The Bertz CT molecular complexity index is 624. The van der Waals surface area contributed by atoms with Crippen LogP contribution in [0.5, 0.6) is 0 Å². The third-order valence-electron chi connectivity index (χ3n) is 2.50. The maximum Gasteiger partial charge on any atom is 0.339 e. The topological polar surface area (TPSA) is 83.5 Å². The average molecular weight is 288 g/mol. The van der Waals surface area contributed by atoms with E-state index >= 15 is 0 Å². The van der Waals surface area contributed by atoms with Crippen LogP contribution in [-0.2, 0) is 9.84 Å². The molecule has 0 fully saturated rings. The van der Waals surface area contributed by atoms with E-state index < -0.39 is 21.8 Å². The van der Waals surface area contributed by atoms with Gasteiger partial charge >= 0.3 is 5.97 Å². The van der Waals surface area contributed by atoms with Crippen LogP contribution in [0.3, 0.4) is 0 Å². The second-order valence-electron chi connectivity index (χ2n) is 3.88. The summed E-state index contributed by atoms with van der Waals surface area (Å²) in [6, 6.07) is 4.18. The van der Waals surface area contributed by atoms with Gasteiger partial charge in [-0.1, -0.05) is 23.7 Å². The average Bonchev–Trinajstić information content (AvgIpc) is 2.57. The van der Waals surface area contributed by atoms with Gasteiger partial charge in [0.2, 0.25) is 0 Å². The van der Waals surface area contributed by atoms with Gasteiger partial charge in [0, 0.05) is 5.41 Å². The van der Waals surface area contributed by atoms with Gasteiger partial charge in [0.05, 0.1) is 22.5 Å². The van der Waals surface area contributed by atoms with Gasteiger partial charge < -0.3 is 10.4 Å². The Morgan fingerprint density at radius 2 is 2.17 bits per heavy atom. The van der Waals surface area contributed by atoms with Gasteiger partial charge in [-0.25, -0.2) is 13.2 Å². The largest absolute Gasteiger partial charge is 0.478 e. The van der Waals surface area contributed by atoms with Crippen molar-refractivity contribution in [2.45, 2.75) is 6.04 Å². The molecule has 5 nitrogen and oxygen atoms in total. The zero-order valence-corrected chi connectivity index (χ0v) is 10.7. The van der Waals surface area contributed by atoms with Gasteiger partial charge in [0.15, 0.2) is 9.84 Å². The molecule has 0 bridgehead atoms. The van der Waals surface area contributed by atoms with Gasteiger partial charge in [-0.3, -0.25) is 0 Å². The van der Waals surface area contributed by atoms with Crippen LogP contribution < -0.4 is 5.32 Å². The summed E-state index contributed by atoms with van der Waals surface area (Å²) < 4.78 is 22.5. The number of halogens is 1. The second-order valence-corrected chi connectivity index (χ2v) is 6.21. The van der Waals surface area contributed by atoms with Crippen molar-refractivity contribution in [3.8, 4) is 0 Å². The SMILES string of the molecule is O=C(O)c1c(Cl)cccc1NC1C=CS(=O)(=O)C1. The van der Waals surface area contributed by atoms with Crippen molar-refractivity contribution in [1.82, 2.24) is 0 Å². The number of hydrogen-bond donors (Lipinski definition) is 2. The van der Waals surface area contributed by atoms with Gasteiger partial charge in [-0.15, -0.1) is 0 Å². The first-order valence-corrected chi connectivity index (χ1v) is 7.18. The lowest BCUT2D eigenvalue weighted by atomic mass is 10.1. The van der Waals surface area contributed by atoms with Crippen LogP contribution >= 0.6 is 11.6 Å².